The highest BCUT2D eigenvalue weighted by Crippen LogP contribution is 2.14. The molecule has 0 aromatic heterocycles. The van der Waals surface area contributed by atoms with E-state index in [1.54, 1.807) is 43.3 Å². The summed E-state index contributed by atoms with van der Waals surface area (Å²) in [5.41, 5.74) is 1.83. The van der Waals surface area contributed by atoms with Gasteiger partial charge >= 0.3 is 0 Å². The van der Waals surface area contributed by atoms with Crippen molar-refractivity contribution in [2.75, 3.05) is 5.32 Å². The van der Waals surface area contributed by atoms with Gasteiger partial charge in [0.05, 0.1) is 0 Å². The van der Waals surface area contributed by atoms with E-state index in [1.165, 1.54) is 18.3 Å². The number of hydrogen-bond donors (Lipinski definition) is 1. The van der Waals surface area contributed by atoms with Gasteiger partial charge in [-0.15, -0.1) is 0 Å². The molecule has 4 heteroatoms. The van der Waals surface area contributed by atoms with E-state index < -0.39 is 0 Å². The van der Waals surface area contributed by atoms with Crippen LogP contribution in [0, 0.1) is 12.7 Å². The molecule has 1 N–H and O–H groups in total. The zero-order chi connectivity index (χ0) is 14.5. The Labute approximate surface area is 121 Å². The van der Waals surface area contributed by atoms with E-state index in [2.05, 4.69) is 5.32 Å². The van der Waals surface area contributed by atoms with Gasteiger partial charge < -0.3 is 5.32 Å². The highest BCUT2D eigenvalue weighted by molar-refractivity contribution is 6.30. The number of hydrogen-bond acceptors (Lipinski definition) is 2. The van der Waals surface area contributed by atoms with Gasteiger partial charge in [-0.3, -0.25) is 4.79 Å². The first-order valence-electron chi connectivity index (χ1n) is 6.05. The van der Waals surface area contributed by atoms with Crippen molar-refractivity contribution in [2.24, 2.45) is 0 Å². The molecule has 0 heterocycles. The number of carbonyl (C=O) groups excluding carboxylic acids is 1. The molecular formula is C16H13ClFNO. The lowest BCUT2D eigenvalue weighted by Gasteiger charge is -2.02. The summed E-state index contributed by atoms with van der Waals surface area (Å²) in [7, 11) is 0. The lowest BCUT2D eigenvalue weighted by atomic mass is 10.1. The molecule has 0 unspecified atom stereocenters. The van der Waals surface area contributed by atoms with Crippen LogP contribution in [0.5, 0.6) is 0 Å². The molecule has 2 nitrogen and oxygen atoms in total. The van der Waals surface area contributed by atoms with Crippen LogP contribution in [0.2, 0.25) is 5.02 Å². The predicted molar refractivity (Wildman–Crippen MR) is 79.7 cm³/mol. The molecule has 0 aliphatic rings. The second kappa shape index (κ2) is 6.35. The standard InChI is InChI=1S/C16H13ClFNO/c1-11-10-14(6-7-15(11)18)19-9-8-16(20)12-2-4-13(17)5-3-12/h2-10,19H,1H3. The number of halogens is 2. The van der Waals surface area contributed by atoms with Gasteiger partial charge in [0.25, 0.3) is 0 Å². The van der Waals surface area contributed by atoms with Crippen molar-refractivity contribution in [3.05, 3.63) is 76.7 Å². The van der Waals surface area contributed by atoms with E-state index in [9.17, 15) is 9.18 Å². The molecule has 0 aliphatic carbocycles. The molecule has 0 fully saturated rings. The lowest BCUT2D eigenvalue weighted by Crippen LogP contribution is -1.96. The summed E-state index contributed by atoms with van der Waals surface area (Å²) in [6.45, 7) is 1.68. The molecular weight excluding hydrogens is 277 g/mol. The van der Waals surface area contributed by atoms with Crippen molar-refractivity contribution in [3.8, 4) is 0 Å². The fourth-order valence-corrected chi connectivity index (χ4v) is 1.78. The van der Waals surface area contributed by atoms with E-state index in [4.69, 9.17) is 11.6 Å². The Morgan fingerprint density at radius 3 is 2.55 bits per heavy atom. The van der Waals surface area contributed by atoms with Gasteiger partial charge in [0, 0.05) is 28.5 Å². The third-order valence-corrected chi connectivity index (χ3v) is 3.02. The maximum atomic E-state index is 13.1. The van der Waals surface area contributed by atoms with Crippen molar-refractivity contribution < 1.29 is 9.18 Å². The monoisotopic (exact) mass is 289 g/mol. The summed E-state index contributed by atoms with van der Waals surface area (Å²) in [6, 6.07) is 11.3. The maximum absolute atomic E-state index is 13.1. The van der Waals surface area contributed by atoms with E-state index in [1.807, 2.05) is 0 Å². The van der Waals surface area contributed by atoms with Gasteiger partial charge in [0.2, 0.25) is 0 Å². The highest BCUT2D eigenvalue weighted by atomic mass is 35.5. The summed E-state index contributed by atoms with van der Waals surface area (Å²) < 4.78 is 13.1. The van der Waals surface area contributed by atoms with E-state index >= 15 is 0 Å². The minimum Gasteiger partial charge on any atom is -0.362 e. The molecule has 2 aromatic carbocycles. The van der Waals surface area contributed by atoms with Gasteiger partial charge in [0.1, 0.15) is 5.82 Å². The predicted octanol–water partition coefficient (Wildman–Crippen LogP) is 4.60. The topological polar surface area (TPSA) is 29.1 Å². The molecule has 20 heavy (non-hydrogen) atoms. The van der Waals surface area contributed by atoms with Crippen LogP contribution in [0.15, 0.2) is 54.7 Å². The van der Waals surface area contributed by atoms with Crippen LogP contribution < -0.4 is 5.32 Å². The second-order valence-electron chi connectivity index (χ2n) is 4.31. The number of aryl methyl sites for hydroxylation is 1. The van der Waals surface area contributed by atoms with Crippen LogP contribution in [-0.4, -0.2) is 5.78 Å². The minimum absolute atomic E-state index is 0.131. The summed E-state index contributed by atoms with van der Waals surface area (Å²) in [6.07, 6.45) is 2.95. The first-order valence-corrected chi connectivity index (χ1v) is 6.43. The molecule has 2 aromatic rings. The molecule has 2 rings (SSSR count). The van der Waals surface area contributed by atoms with Crippen LogP contribution in [0.3, 0.4) is 0 Å². The first-order chi connectivity index (χ1) is 9.56. The molecule has 0 spiro atoms. The van der Waals surface area contributed by atoms with Crippen molar-refractivity contribution in [3.63, 3.8) is 0 Å². The normalized spacial score (nSPS) is 10.8. The second-order valence-corrected chi connectivity index (χ2v) is 4.75. The molecule has 0 atom stereocenters. The molecule has 0 radical (unpaired) electrons. The smallest absolute Gasteiger partial charge is 0.187 e. The number of anilines is 1. The zero-order valence-electron chi connectivity index (χ0n) is 10.9. The number of nitrogens with one attached hydrogen (secondary N) is 1. The Bertz CT molecular complexity index is 650. The lowest BCUT2D eigenvalue weighted by molar-refractivity contribution is 0.104. The molecule has 0 saturated heterocycles. The van der Waals surface area contributed by atoms with E-state index in [-0.39, 0.29) is 11.6 Å². The average molecular weight is 290 g/mol. The third kappa shape index (κ3) is 3.68. The first kappa shape index (κ1) is 14.3. The molecule has 102 valence electrons. The van der Waals surface area contributed by atoms with Gasteiger partial charge in [-0.1, -0.05) is 11.6 Å². The Balaban J connectivity index is 2.00. The third-order valence-electron chi connectivity index (χ3n) is 2.77. The van der Waals surface area contributed by atoms with Crippen molar-refractivity contribution in [2.45, 2.75) is 6.92 Å². The molecule has 0 bridgehead atoms. The van der Waals surface area contributed by atoms with Crippen molar-refractivity contribution >= 4 is 23.1 Å². The zero-order valence-corrected chi connectivity index (χ0v) is 11.6. The molecule has 0 saturated carbocycles. The number of benzene rings is 2. The fourth-order valence-electron chi connectivity index (χ4n) is 1.66. The number of ketones is 1. The van der Waals surface area contributed by atoms with Crippen LogP contribution in [0.1, 0.15) is 15.9 Å². The Kier molecular flexibility index (Phi) is 4.53. The number of carbonyl (C=O) groups is 1. The Morgan fingerprint density at radius 2 is 1.90 bits per heavy atom. The summed E-state index contributed by atoms with van der Waals surface area (Å²) in [4.78, 5) is 11.8. The van der Waals surface area contributed by atoms with Gasteiger partial charge in [-0.2, -0.15) is 0 Å². The Hall–Kier alpha value is -2.13. The maximum Gasteiger partial charge on any atom is 0.187 e. The largest absolute Gasteiger partial charge is 0.362 e. The van der Waals surface area contributed by atoms with Crippen LogP contribution in [0.4, 0.5) is 10.1 Å². The quantitative estimate of drug-likeness (QED) is 0.658. The summed E-state index contributed by atoms with van der Waals surface area (Å²) in [5.74, 6) is -0.384. The van der Waals surface area contributed by atoms with Gasteiger partial charge in [0.15, 0.2) is 5.78 Å². The van der Waals surface area contributed by atoms with Gasteiger partial charge in [-0.05, 0) is 55.0 Å². The Morgan fingerprint density at radius 1 is 1.20 bits per heavy atom. The SMILES string of the molecule is Cc1cc(NC=CC(=O)c2ccc(Cl)cc2)ccc1F. The number of rotatable bonds is 4. The fraction of sp³-hybridized carbons (Fsp3) is 0.0625. The van der Waals surface area contributed by atoms with Crippen LogP contribution >= 0.6 is 11.6 Å². The van der Waals surface area contributed by atoms with Crippen LogP contribution in [0.25, 0.3) is 0 Å². The van der Waals surface area contributed by atoms with Crippen LogP contribution in [-0.2, 0) is 0 Å². The average Bonchev–Trinajstić information content (AvgIpc) is 2.43. The molecule has 0 aliphatic heterocycles. The highest BCUT2D eigenvalue weighted by Gasteiger charge is 2.01. The van der Waals surface area contributed by atoms with Crippen molar-refractivity contribution in [1.82, 2.24) is 0 Å². The summed E-state index contributed by atoms with van der Waals surface area (Å²) >= 11 is 5.76. The van der Waals surface area contributed by atoms with E-state index in [0.717, 1.165) is 5.69 Å². The number of allylic oxidation sites excluding steroid dienone is 1. The van der Waals surface area contributed by atoms with Crippen molar-refractivity contribution in [1.29, 1.82) is 0 Å². The summed E-state index contributed by atoms with van der Waals surface area (Å²) in [5, 5.41) is 3.52. The minimum atomic E-state index is -0.253. The van der Waals surface area contributed by atoms with Gasteiger partial charge in [-0.25, -0.2) is 4.39 Å². The van der Waals surface area contributed by atoms with E-state index in [0.29, 0.717) is 16.1 Å². The molecule has 0 amide bonds.